The minimum Gasteiger partial charge on any atom is -0.296 e. The molecule has 1 aliphatic carbocycles. The summed E-state index contributed by atoms with van der Waals surface area (Å²) in [7, 11) is 0. The summed E-state index contributed by atoms with van der Waals surface area (Å²) in [5.74, 6) is -0.735. The summed E-state index contributed by atoms with van der Waals surface area (Å²) in [6, 6.07) is 0.820. The van der Waals surface area contributed by atoms with Crippen LogP contribution in [0.1, 0.15) is 48.0 Å². The lowest BCUT2D eigenvalue weighted by molar-refractivity contribution is -0.138. The van der Waals surface area contributed by atoms with Gasteiger partial charge in [0.05, 0.1) is 11.1 Å². The molecule has 0 saturated heterocycles. The van der Waals surface area contributed by atoms with Crippen LogP contribution in [0.2, 0.25) is 0 Å². The highest BCUT2D eigenvalue weighted by Gasteiger charge is 2.35. The fourth-order valence-electron chi connectivity index (χ4n) is 2.20. The van der Waals surface area contributed by atoms with Crippen LogP contribution in [0.25, 0.3) is 0 Å². The Bertz CT molecular complexity index is 473. The number of nitrogens with zero attached hydrogens (tertiary/aromatic N) is 1. The molecule has 1 aromatic heterocycles. The maximum absolute atomic E-state index is 12.8. The molecule has 20 heavy (non-hydrogen) atoms. The van der Waals surface area contributed by atoms with Gasteiger partial charge in [0.2, 0.25) is 0 Å². The number of aromatic nitrogens is 1. The van der Waals surface area contributed by atoms with Crippen molar-refractivity contribution in [1.29, 1.82) is 0 Å². The summed E-state index contributed by atoms with van der Waals surface area (Å²) >= 11 is 1.22. The molecular weight excluding hydrogens is 289 g/mol. The largest absolute Gasteiger partial charge is 0.417 e. The predicted molar refractivity (Wildman–Crippen MR) is 71.2 cm³/mol. The minimum atomic E-state index is -4.55. The summed E-state index contributed by atoms with van der Waals surface area (Å²) in [6.07, 6.45) is 2.82. The molecule has 110 valence electrons. The number of pyridine rings is 1. The SMILES string of the molecule is O=C(NSC1CCCCC1)c1cnccc1C(F)(F)F. The summed E-state index contributed by atoms with van der Waals surface area (Å²) in [4.78, 5) is 15.5. The van der Waals surface area contributed by atoms with Gasteiger partial charge in [-0.2, -0.15) is 13.2 Å². The predicted octanol–water partition coefficient (Wildman–Crippen LogP) is 3.81. The van der Waals surface area contributed by atoms with Crippen LogP contribution in [-0.4, -0.2) is 16.1 Å². The van der Waals surface area contributed by atoms with E-state index in [0.717, 1.165) is 44.1 Å². The Labute approximate surface area is 119 Å². The van der Waals surface area contributed by atoms with Gasteiger partial charge in [0.25, 0.3) is 5.91 Å². The summed E-state index contributed by atoms with van der Waals surface area (Å²) in [5.41, 5.74) is -1.38. The third-order valence-corrected chi connectivity index (χ3v) is 4.35. The van der Waals surface area contributed by atoms with Crippen molar-refractivity contribution < 1.29 is 18.0 Å². The van der Waals surface area contributed by atoms with E-state index in [1.165, 1.54) is 18.4 Å². The Morgan fingerprint density at radius 2 is 2.00 bits per heavy atom. The summed E-state index contributed by atoms with van der Waals surface area (Å²) in [5, 5.41) is 0.290. The number of rotatable bonds is 3. The quantitative estimate of drug-likeness (QED) is 0.863. The molecule has 2 rings (SSSR count). The van der Waals surface area contributed by atoms with Gasteiger partial charge in [-0.3, -0.25) is 14.5 Å². The van der Waals surface area contributed by atoms with Crippen LogP contribution in [0.15, 0.2) is 18.5 Å². The molecule has 0 unspecified atom stereocenters. The zero-order valence-corrected chi connectivity index (χ0v) is 11.6. The van der Waals surface area contributed by atoms with Crippen molar-refractivity contribution in [2.24, 2.45) is 0 Å². The minimum absolute atomic E-state index is 0.290. The van der Waals surface area contributed by atoms with Crippen molar-refractivity contribution in [3.8, 4) is 0 Å². The third kappa shape index (κ3) is 3.88. The molecular formula is C13H15F3N2OS. The monoisotopic (exact) mass is 304 g/mol. The van der Waals surface area contributed by atoms with Crippen molar-refractivity contribution in [1.82, 2.24) is 9.71 Å². The maximum Gasteiger partial charge on any atom is 0.417 e. The first-order valence-electron chi connectivity index (χ1n) is 6.45. The van der Waals surface area contributed by atoms with Gasteiger partial charge in [-0.1, -0.05) is 19.3 Å². The van der Waals surface area contributed by atoms with E-state index in [1.54, 1.807) is 0 Å². The van der Waals surface area contributed by atoms with Crippen LogP contribution in [0, 0.1) is 0 Å². The molecule has 1 fully saturated rings. The van der Waals surface area contributed by atoms with Crippen molar-refractivity contribution in [3.63, 3.8) is 0 Å². The standard InChI is InChI=1S/C13H15F3N2OS/c14-13(15,16)11-6-7-17-8-10(11)12(19)18-20-9-4-2-1-3-5-9/h6-9H,1-5H2,(H,18,19). The smallest absolute Gasteiger partial charge is 0.296 e. The normalized spacial score (nSPS) is 16.9. The first kappa shape index (κ1) is 15.2. The van der Waals surface area contributed by atoms with E-state index in [1.807, 2.05) is 0 Å². The van der Waals surface area contributed by atoms with Gasteiger partial charge >= 0.3 is 6.18 Å². The molecule has 1 aromatic rings. The number of alkyl halides is 3. The molecule has 0 atom stereocenters. The summed E-state index contributed by atoms with van der Waals surface area (Å²) in [6.45, 7) is 0. The Hall–Kier alpha value is -1.24. The number of carbonyl (C=O) groups excluding carboxylic acids is 1. The second-order valence-corrected chi connectivity index (χ2v) is 5.83. The summed E-state index contributed by atoms with van der Waals surface area (Å²) < 4.78 is 40.9. The molecule has 1 heterocycles. The van der Waals surface area contributed by atoms with Crippen LogP contribution >= 0.6 is 11.9 Å². The second-order valence-electron chi connectivity index (χ2n) is 4.73. The topological polar surface area (TPSA) is 42.0 Å². The average Bonchev–Trinajstić information content (AvgIpc) is 2.45. The average molecular weight is 304 g/mol. The second kappa shape index (κ2) is 6.47. The van der Waals surface area contributed by atoms with E-state index in [2.05, 4.69) is 9.71 Å². The van der Waals surface area contributed by atoms with Crippen LogP contribution in [-0.2, 0) is 6.18 Å². The number of hydrogen-bond acceptors (Lipinski definition) is 3. The van der Waals surface area contributed by atoms with Crippen molar-refractivity contribution >= 4 is 17.9 Å². The zero-order valence-electron chi connectivity index (χ0n) is 10.7. The first-order valence-corrected chi connectivity index (χ1v) is 7.33. The fraction of sp³-hybridized carbons (Fsp3) is 0.538. The molecule has 0 aliphatic heterocycles. The highest BCUT2D eigenvalue weighted by molar-refractivity contribution is 7.98. The number of amides is 1. The highest BCUT2D eigenvalue weighted by Crippen LogP contribution is 2.32. The van der Waals surface area contributed by atoms with Crippen LogP contribution < -0.4 is 4.72 Å². The molecule has 1 saturated carbocycles. The number of nitrogens with one attached hydrogen (secondary N) is 1. The lowest BCUT2D eigenvalue weighted by Crippen LogP contribution is -2.24. The third-order valence-electron chi connectivity index (χ3n) is 3.24. The number of halogens is 3. The molecule has 1 amide bonds. The zero-order chi connectivity index (χ0) is 14.6. The van der Waals surface area contributed by atoms with E-state index < -0.39 is 23.2 Å². The molecule has 1 aliphatic rings. The first-order chi connectivity index (χ1) is 9.48. The Balaban J connectivity index is 2.02. The van der Waals surface area contributed by atoms with Crippen molar-refractivity contribution in [2.75, 3.05) is 0 Å². The van der Waals surface area contributed by atoms with Crippen molar-refractivity contribution in [3.05, 3.63) is 29.6 Å². The van der Waals surface area contributed by atoms with Crippen LogP contribution in [0.4, 0.5) is 13.2 Å². The maximum atomic E-state index is 12.8. The number of carbonyl (C=O) groups is 1. The molecule has 3 nitrogen and oxygen atoms in total. The van der Waals surface area contributed by atoms with E-state index in [0.29, 0.717) is 5.25 Å². The van der Waals surface area contributed by atoms with Crippen LogP contribution in [0.5, 0.6) is 0 Å². The van der Waals surface area contributed by atoms with Gasteiger partial charge in [-0.15, -0.1) is 0 Å². The van der Waals surface area contributed by atoms with Gasteiger partial charge in [0.1, 0.15) is 0 Å². The van der Waals surface area contributed by atoms with Gasteiger partial charge in [0, 0.05) is 17.6 Å². The van der Waals surface area contributed by atoms with E-state index in [4.69, 9.17) is 0 Å². The Morgan fingerprint density at radius 1 is 1.30 bits per heavy atom. The molecule has 7 heteroatoms. The molecule has 0 aromatic carbocycles. The van der Waals surface area contributed by atoms with E-state index >= 15 is 0 Å². The highest BCUT2D eigenvalue weighted by atomic mass is 32.2. The van der Waals surface area contributed by atoms with Gasteiger partial charge in [-0.25, -0.2) is 0 Å². The van der Waals surface area contributed by atoms with Gasteiger partial charge < -0.3 is 0 Å². The van der Waals surface area contributed by atoms with E-state index in [9.17, 15) is 18.0 Å². The van der Waals surface area contributed by atoms with Gasteiger partial charge in [-0.05, 0) is 30.9 Å². The van der Waals surface area contributed by atoms with Gasteiger partial charge in [0.15, 0.2) is 0 Å². The Morgan fingerprint density at radius 3 is 2.65 bits per heavy atom. The molecule has 0 spiro atoms. The molecule has 0 bridgehead atoms. The Kier molecular flexibility index (Phi) is 4.91. The van der Waals surface area contributed by atoms with Crippen molar-refractivity contribution in [2.45, 2.75) is 43.5 Å². The molecule has 0 radical (unpaired) electrons. The molecule has 1 N–H and O–H groups in total. The fourth-order valence-corrected chi connectivity index (χ4v) is 3.15. The number of hydrogen-bond donors (Lipinski definition) is 1. The van der Waals surface area contributed by atoms with E-state index in [-0.39, 0.29) is 0 Å². The lowest BCUT2D eigenvalue weighted by atomic mass is 10.0. The van der Waals surface area contributed by atoms with Crippen LogP contribution in [0.3, 0.4) is 0 Å². The lowest BCUT2D eigenvalue weighted by Gasteiger charge is -2.21.